The number of halogens is 1. The van der Waals surface area contributed by atoms with Gasteiger partial charge < -0.3 is 0 Å². The Morgan fingerprint density at radius 1 is 1.05 bits per heavy atom. The van der Waals surface area contributed by atoms with Gasteiger partial charge in [-0.25, -0.2) is 12.8 Å². The molecule has 0 amide bonds. The van der Waals surface area contributed by atoms with Crippen LogP contribution in [-0.2, 0) is 9.84 Å². The summed E-state index contributed by atoms with van der Waals surface area (Å²) in [6, 6.07) is 15.9. The first-order valence-corrected chi connectivity index (χ1v) is 8.04. The Hall–Kier alpha value is -2.19. The molecular weight excluding hydrogens is 289 g/mol. The van der Waals surface area contributed by atoms with Gasteiger partial charge in [-0.05, 0) is 29.8 Å². The second-order valence-corrected chi connectivity index (χ2v) is 7.16. The molecule has 0 aromatic heterocycles. The molecule has 3 rings (SSSR count). The van der Waals surface area contributed by atoms with Crippen LogP contribution in [-0.4, -0.2) is 13.7 Å². The fourth-order valence-electron chi connectivity index (χ4n) is 2.70. The Labute approximate surface area is 122 Å². The van der Waals surface area contributed by atoms with Crippen LogP contribution in [0.3, 0.4) is 0 Å². The van der Waals surface area contributed by atoms with Gasteiger partial charge in [-0.2, -0.15) is 5.26 Å². The monoisotopic (exact) mass is 301 g/mol. The zero-order valence-electron chi connectivity index (χ0n) is 11.0. The molecule has 3 nitrogen and oxygen atoms in total. The summed E-state index contributed by atoms with van der Waals surface area (Å²) in [5.41, 5.74) is 0.561. The minimum atomic E-state index is -3.58. The highest BCUT2D eigenvalue weighted by atomic mass is 32.2. The largest absolute Gasteiger partial charge is 0.223 e. The fraction of sp³-hybridized carbons (Fsp3) is 0.188. The molecule has 2 aromatic rings. The lowest BCUT2D eigenvalue weighted by Gasteiger charge is -2.03. The molecule has 0 bridgehead atoms. The molecule has 1 aliphatic carbocycles. The minimum Gasteiger partial charge on any atom is -0.223 e. The molecule has 5 heteroatoms. The van der Waals surface area contributed by atoms with Crippen LogP contribution < -0.4 is 0 Å². The summed E-state index contributed by atoms with van der Waals surface area (Å²) in [6.45, 7) is 0. The first-order chi connectivity index (χ1) is 10.1. The van der Waals surface area contributed by atoms with Crippen molar-refractivity contribution in [2.75, 3.05) is 0 Å². The molecule has 0 radical (unpaired) electrons. The van der Waals surface area contributed by atoms with Crippen LogP contribution in [0, 0.1) is 23.1 Å². The maximum atomic E-state index is 13.3. The fourth-order valence-corrected chi connectivity index (χ4v) is 4.79. The number of hydrogen-bond donors (Lipinski definition) is 0. The number of nitrogens with zero attached hydrogens (tertiary/aromatic N) is 1. The first kappa shape index (κ1) is 13.8. The molecule has 3 atom stereocenters. The molecule has 1 aliphatic rings. The van der Waals surface area contributed by atoms with Crippen LogP contribution in [0.4, 0.5) is 4.39 Å². The number of nitriles is 1. The SMILES string of the molecule is N#C[C@@H]1[C@@H](c2cccc(F)c2)[C@@H]1S(=O)(=O)c1ccccc1. The van der Waals surface area contributed by atoms with Gasteiger partial charge in [-0.3, -0.25) is 0 Å². The Morgan fingerprint density at radius 2 is 1.76 bits per heavy atom. The predicted molar refractivity (Wildman–Crippen MR) is 75.7 cm³/mol. The first-order valence-electron chi connectivity index (χ1n) is 6.50. The van der Waals surface area contributed by atoms with Crippen molar-refractivity contribution in [2.24, 2.45) is 5.92 Å². The third kappa shape index (κ3) is 2.32. The molecule has 21 heavy (non-hydrogen) atoms. The maximum Gasteiger partial charge on any atom is 0.183 e. The van der Waals surface area contributed by atoms with Gasteiger partial charge in [-0.15, -0.1) is 0 Å². The average molecular weight is 301 g/mol. The molecule has 2 aromatic carbocycles. The summed E-state index contributed by atoms with van der Waals surface area (Å²) in [7, 11) is -3.58. The molecule has 0 unspecified atom stereocenters. The summed E-state index contributed by atoms with van der Waals surface area (Å²) >= 11 is 0. The van der Waals surface area contributed by atoms with E-state index >= 15 is 0 Å². The number of rotatable bonds is 3. The lowest BCUT2D eigenvalue weighted by atomic mass is 10.1. The lowest BCUT2D eigenvalue weighted by molar-refractivity contribution is 0.593. The van der Waals surface area contributed by atoms with Crippen molar-refractivity contribution < 1.29 is 12.8 Å². The average Bonchev–Trinajstić information content (AvgIpc) is 3.23. The van der Waals surface area contributed by atoms with E-state index in [-0.39, 0.29) is 4.90 Å². The number of sulfone groups is 1. The van der Waals surface area contributed by atoms with Gasteiger partial charge in [-0.1, -0.05) is 30.3 Å². The molecule has 0 aliphatic heterocycles. The molecule has 106 valence electrons. The molecule has 0 N–H and O–H groups in total. The predicted octanol–water partition coefficient (Wildman–Crippen LogP) is 2.91. The van der Waals surface area contributed by atoms with Gasteiger partial charge in [0.25, 0.3) is 0 Å². The summed E-state index contributed by atoms with van der Waals surface area (Å²) < 4.78 is 38.5. The van der Waals surface area contributed by atoms with Crippen molar-refractivity contribution in [3.63, 3.8) is 0 Å². The molecule has 0 saturated heterocycles. The number of hydrogen-bond acceptors (Lipinski definition) is 3. The van der Waals surface area contributed by atoms with E-state index in [9.17, 15) is 18.1 Å². The third-order valence-corrected chi connectivity index (χ3v) is 6.00. The van der Waals surface area contributed by atoms with Gasteiger partial charge >= 0.3 is 0 Å². The van der Waals surface area contributed by atoms with Crippen molar-refractivity contribution in [1.29, 1.82) is 5.26 Å². The van der Waals surface area contributed by atoms with E-state index in [0.29, 0.717) is 5.56 Å². The maximum absolute atomic E-state index is 13.3. The summed E-state index contributed by atoms with van der Waals surface area (Å²) in [5.74, 6) is -1.51. The van der Waals surface area contributed by atoms with Crippen LogP contribution in [0.2, 0.25) is 0 Å². The topological polar surface area (TPSA) is 57.9 Å². The van der Waals surface area contributed by atoms with Gasteiger partial charge in [0.2, 0.25) is 0 Å². The van der Waals surface area contributed by atoms with Gasteiger partial charge in [0.05, 0.1) is 22.1 Å². The zero-order valence-corrected chi connectivity index (χ0v) is 11.8. The van der Waals surface area contributed by atoms with Crippen molar-refractivity contribution >= 4 is 9.84 Å². The van der Waals surface area contributed by atoms with Crippen LogP contribution in [0.25, 0.3) is 0 Å². The van der Waals surface area contributed by atoms with E-state index in [1.54, 1.807) is 24.3 Å². The molecule has 1 fully saturated rings. The van der Waals surface area contributed by atoms with Crippen molar-refractivity contribution in [1.82, 2.24) is 0 Å². The standard InChI is InChI=1S/C16H12FNO2S/c17-12-6-4-5-11(9-12)15-14(10-18)16(15)21(19,20)13-7-2-1-3-8-13/h1-9,14-16H/t14-,15-,16-/m1/s1. The Bertz CT molecular complexity index is 812. The Morgan fingerprint density at radius 3 is 2.38 bits per heavy atom. The highest BCUT2D eigenvalue weighted by Gasteiger charge is 2.59. The molecule has 0 spiro atoms. The van der Waals surface area contributed by atoms with E-state index < -0.39 is 32.7 Å². The van der Waals surface area contributed by atoms with E-state index in [2.05, 4.69) is 0 Å². The van der Waals surface area contributed by atoms with Crippen LogP contribution in [0.5, 0.6) is 0 Å². The molecule has 1 saturated carbocycles. The quantitative estimate of drug-likeness (QED) is 0.876. The van der Waals surface area contributed by atoms with Gasteiger partial charge in [0, 0.05) is 5.92 Å². The Balaban J connectivity index is 1.99. The summed E-state index contributed by atoms with van der Waals surface area (Å²) in [6.07, 6.45) is 0. The molecule has 0 heterocycles. The van der Waals surface area contributed by atoms with E-state index in [1.807, 2.05) is 6.07 Å². The third-order valence-electron chi connectivity index (χ3n) is 3.77. The van der Waals surface area contributed by atoms with Gasteiger partial charge in [0.15, 0.2) is 9.84 Å². The van der Waals surface area contributed by atoms with Crippen molar-refractivity contribution in [2.45, 2.75) is 16.1 Å². The highest BCUT2D eigenvalue weighted by Crippen LogP contribution is 2.53. The summed E-state index contributed by atoms with van der Waals surface area (Å²) in [4.78, 5) is 0.203. The van der Waals surface area contributed by atoms with Crippen LogP contribution in [0.1, 0.15) is 11.5 Å². The minimum absolute atomic E-state index is 0.203. The zero-order chi connectivity index (χ0) is 15.0. The van der Waals surface area contributed by atoms with E-state index in [4.69, 9.17) is 0 Å². The highest BCUT2D eigenvalue weighted by molar-refractivity contribution is 7.92. The van der Waals surface area contributed by atoms with E-state index in [1.165, 1.54) is 30.3 Å². The Kier molecular flexibility index (Phi) is 3.26. The summed E-state index contributed by atoms with van der Waals surface area (Å²) in [5, 5.41) is 8.38. The smallest absolute Gasteiger partial charge is 0.183 e. The lowest BCUT2D eigenvalue weighted by Crippen LogP contribution is -2.10. The van der Waals surface area contributed by atoms with Crippen LogP contribution in [0.15, 0.2) is 59.5 Å². The molecular formula is C16H12FNO2S. The number of benzene rings is 2. The van der Waals surface area contributed by atoms with Crippen molar-refractivity contribution in [3.8, 4) is 6.07 Å². The van der Waals surface area contributed by atoms with E-state index in [0.717, 1.165) is 0 Å². The second kappa shape index (κ2) is 4.97. The van der Waals surface area contributed by atoms with Gasteiger partial charge in [0.1, 0.15) is 5.82 Å². The normalized spacial score (nSPS) is 24.3. The van der Waals surface area contributed by atoms with Crippen LogP contribution >= 0.6 is 0 Å². The second-order valence-electron chi connectivity index (χ2n) is 5.06. The van der Waals surface area contributed by atoms with Crippen molar-refractivity contribution in [3.05, 3.63) is 66.0 Å².